The summed E-state index contributed by atoms with van der Waals surface area (Å²) in [7, 11) is 0. The summed E-state index contributed by atoms with van der Waals surface area (Å²) in [6.45, 7) is 1.78. The summed E-state index contributed by atoms with van der Waals surface area (Å²) in [5.74, 6) is -0.242. The molecule has 0 radical (unpaired) electrons. The molecule has 0 aromatic heterocycles. The van der Waals surface area contributed by atoms with Gasteiger partial charge in [0, 0.05) is 6.42 Å². The van der Waals surface area contributed by atoms with Gasteiger partial charge in [-0.3, -0.25) is 4.79 Å². The molecule has 3 saturated heterocycles. The molecule has 3 aliphatic rings. The van der Waals surface area contributed by atoms with Crippen LogP contribution in [0.5, 0.6) is 0 Å². The van der Waals surface area contributed by atoms with E-state index in [2.05, 4.69) is 19.2 Å². The Labute approximate surface area is 430 Å². The topological polar surface area (TPSA) is 307 Å². The normalized spacial score (nSPS) is 31.9. The van der Waals surface area contributed by atoms with Crippen LogP contribution < -0.4 is 5.32 Å². The van der Waals surface area contributed by atoms with Crippen molar-refractivity contribution < 1.29 is 89.4 Å². The van der Waals surface area contributed by atoms with Gasteiger partial charge in [-0.15, -0.1) is 0 Å². The average Bonchev–Trinajstić information content (AvgIpc) is 3.37. The lowest BCUT2D eigenvalue weighted by atomic mass is 9.96. The number of carbonyl (C=O) groups excluding carboxylic acids is 1. The monoisotopic (exact) mass is 1040 g/mol. The molecule has 19 heteroatoms. The molecular weight excluding hydrogens is 939 g/mol. The number of hydrogen-bond donors (Lipinski definition) is 12. The van der Waals surface area contributed by atoms with Crippen molar-refractivity contribution in [2.45, 2.75) is 304 Å². The fourth-order valence-corrected chi connectivity index (χ4v) is 9.96. The predicted molar refractivity (Wildman–Crippen MR) is 268 cm³/mol. The number of rotatable bonds is 41. The summed E-state index contributed by atoms with van der Waals surface area (Å²) in [6.07, 6.45) is 6.22. The van der Waals surface area contributed by atoms with Crippen molar-refractivity contribution in [1.29, 1.82) is 0 Å². The van der Waals surface area contributed by atoms with E-state index in [1.165, 1.54) is 122 Å². The maximum atomic E-state index is 13.3. The molecule has 426 valence electrons. The zero-order valence-corrected chi connectivity index (χ0v) is 43.9. The summed E-state index contributed by atoms with van der Waals surface area (Å²) in [6, 6.07) is -0.878. The zero-order valence-electron chi connectivity index (χ0n) is 43.9. The van der Waals surface area contributed by atoms with Gasteiger partial charge in [0.2, 0.25) is 5.91 Å². The number of aliphatic hydroxyl groups excluding tert-OH is 11. The Balaban J connectivity index is 1.52. The van der Waals surface area contributed by atoms with Gasteiger partial charge in [0.05, 0.1) is 38.6 Å². The molecule has 3 aliphatic heterocycles. The summed E-state index contributed by atoms with van der Waals surface area (Å²) >= 11 is 0. The lowest BCUT2D eigenvalue weighted by molar-refractivity contribution is -0.379. The van der Waals surface area contributed by atoms with Crippen molar-refractivity contribution >= 4 is 5.91 Å². The molecule has 0 aromatic rings. The van der Waals surface area contributed by atoms with Gasteiger partial charge in [0.1, 0.15) is 73.2 Å². The Morgan fingerprint density at radius 2 is 0.792 bits per heavy atom. The van der Waals surface area contributed by atoms with Gasteiger partial charge >= 0.3 is 0 Å². The van der Waals surface area contributed by atoms with Gasteiger partial charge in [0.15, 0.2) is 18.9 Å². The fraction of sp³-hybridized carbons (Fsp3) is 0.981. The van der Waals surface area contributed by atoms with Crippen molar-refractivity contribution in [3.63, 3.8) is 0 Å². The van der Waals surface area contributed by atoms with Crippen LogP contribution in [-0.2, 0) is 33.2 Å². The van der Waals surface area contributed by atoms with Crippen LogP contribution in [0.15, 0.2) is 0 Å². The number of unbranched alkanes of at least 4 members (excludes halogenated alkanes) is 25. The highest BCUT2D eigenvalue weighted by molar-refractivity contribution is 5.76. The molecule has 17 unspecified atom stereocenters. The van der Waals surface area contributed by atoms with E-state index in [0.29, 0.717) is 12.8 Å². The second-order valence-electron chi connectivity index (χ2n) is 20.8. The third-order valence-corrected chi connectivity index (χ3v) is 14.7. The molecule has 3 fully saturated rings. The lowest BCUT2D eigenvalue weighted by Gasteiger charge is -2.48. The first-order chi connectivity index (χ1) is 34.8. The number of nitrogens with one attached hydrogen (secondary N) is 1. The second-order valence-corrected chi connectivity index (χ2v) is 20.8. The Bertz CT molecular complexity index is 1340. The van der Waals surface area contributed by atoms with Crippen LogP contribution in [0, 0.1) is 0 Å². The van der Waals surface area contributed by atoms with Crippen LogP contribution in [0.4, 0.5) is 0 Å². The van der Waals surface area contributed by atoms with Gasteiger partial charge in [-0.25, -0.2) is 0 Å². The Kier molecular flexibility index (Phi) is 34.7. The van der Waals surface area contributed by atoms with E-state index in [-0.39, 0.29) is 18.9 Å². The van der Waals surface area contributed by atoms with Crippen molar-refractivity contribution in [3.8, 4) is 0 Å². The van der Waals surface area contributed by atoms with Crippen LogP contribution in [0.2, 0.25) is 0 Å². The minimum absolute atomic E-state index is 0.242. The van der Waals surface area contributed by atoms with Gasteiger partial charge in [-0.05, 0) is 12.8 Å². The highest BCUT2D eigenvalue weighted by Crippen LogP contribution is 2.33. The van der Waals surface area contributed by atoms with E-state index in [4.69, 9.17) is 28.4 Å². The van der Waals surface area contributed by atoms with Crippen LogP contribution in [-0.4, -0.2) is 193 Å². The van der Waals surface area contributed by atoms with E-state index in [0.717, 1.165) is 44.9 Å². The molecule has 12 N–H and O–H groups in total. The number of amides is 1. The third-order valence-electron chi connectivity index (χ3n) is 14.7. The zero-order chi connectivity index (χ0) is 52.7. The van der Waals surface area contributed by atoms with E-state index in [9.17, 15) is 61.0 Å². The molecule has 3 rings (SSSR count). The van der Waals surface area contributed by atoms with Crippen LogP contribution in [0.1, 0.15) is 200 Å². The molecule has 0 spiro atoms. The minimum atomic E-state index is -1.97. The first kappa shape index (κ1) is 65.1. The molecule has 19 nitrogen and oxygen atoms in total. The van der Waals surface area contributed by atoms with Crippen LogP contribution in [0.25, 0.3) is 0 Å². The number of hydrogen-bond acceptors (Lipinski definition) is 18. The molecule has 0 bridgehead atoms. The minimum Gasteiger partial charge on any atom is -0.394 e. The maximum absolute atomic E-state index is 13.3. The smallest absolute Gasteiger partial charge is 0.220 e. The van der Waals surface area contributed by atoms with Crippen molar-refractivity contribution in [2.75, 3.05) is 26.4 Å². The number of ether oxygens (including phenoxy) is 6. The van der Waals surface area contributed by atoms with E-state index < -0.39 is 124 Å². The lowest BCUT2D eigenvalue weighted by Crippen LogP contribution is -2.66. The van der Waals surface area contributed by atoms with Gasteiger partial charge in [-0.2, -0.15) is 0 Å². The highest BCUT2D eigenvalue weighted by Gasteiger charge is 2.53. The Morgan fingerprint density at radius 3 is 1.21 bits per heavy atom. The molecule has 3 heterocycles. The first-order valence-corrected chi connectivity index (χ1v) is 28.3. The molecular formula is C53H101NO18. The standard InChI is InChI=1S/C53H101NO18/c1-3-5-7-9-11-13-15-17-19-20-22-24-26-28-30-37(58)36(54-41(59)31-29-27-25-23-21-18-16-14-12-10-8-6-4-2)35-67-51-47(65)44(62)49(39(33-56)69-51)72-53-48(66)45(63)50(40(34-57)70-53)71-52-46(64)43(61)42(60)38(32-55)68-52/h36-40,42-53,55-58,60-66H,3-35H2,1-2H3,(H,54,59). The number of carbonyl (C=O) groups is 1. The fourth-order valence-electron chi connectivity index (χ4n) is 9.96. The third kappa shape index (κ3) is 23.2. The largest absolute Gasteiger partial charge is 0.394 e. The predicted octanol–water partition coefficient (Wildman–Crippen LogP) is 3.65. The molecule has 0 aliphatic carbocycles. The van der Waals surface area contributed by atoms with Crippen molar-refractivity contribution in [1.82, 2.24) is 5.32 Å². The molecule has 72 heavy (non-hydrogen) atoms. The molecule has 0 saturated carbocycles. The molecule has 17 atom stereocenters. The van der Waals surface area contributed by atoms with Gasteiger partial charge in [0.25, 0.3) is 0 Å². The number of aliphatic hydroxyl groups is 11. The maximum Gasteiger partial charge on any atom is 0.220 e. The summed E-state index contributed by atoms with van der Waals surface area (Å²) in [5, 5.41) is 120. The second kappa shape index (κ2) is 38.4. The summed E-state index contributed by atoms with van der Waals surface area (Å²) < 4.78 is 34.2. The first-order valence-electron chi connectivity index (χ1n) is 28.3. The van der Waals surface area contributed by atoms with Crippen molar-refractivity contribution in [2.24, 2.45) is 0 Å². The SMILES string of the molecule is CCCCCCCCCCCCCCCCC(O)C(COC1OC(CO)C(OC2OC(CO)C(OC3OC(CO)C(O)C(O)C3O)C(O)C2O)C(O)C1O)NC(=O)CCCCCCCCCCCCCCC. The van der Waals surface area contributed by atoms with Gasteiger partial charge < -0.3 is 89.9 Å². The van der Waals surface area contributed by atoms with Crippen LogP contribution in [0.3, 0.4) is 0 Å². The van der Waals surface area contributed by atoms with Gasteiger partial charge in [-0.1, -0.05) is 181 Å². The average molecular weight is 1040 g/mol. The Hall–Kier alpha value is -1.21. The molecule has 1 amide bonds. The van der Waals surface area contributed by atoms with E-state index >= 15 is 0 Å². The van der Waals surface area contributed by atoms with E-state index in [1.54, 1.807) is 0 Å². The Morgan fingerprint density at radius 1 is 0.444 bits per heavy atom. The highest BCUT2D eigenvalue weighted by atomic mass is 16.8. The molecule has 0 aromatic carbocycles. The quantitative estimate of drug-likeness (QED) is 0.0389. The van der Waals surface area contributed by atoms with Crippen LogP contribution >= 0.6 is 0 Å². The summed E-state index contributed by atoms with van der Waals surface area (Å²) in [5.41, 5.74) is 0. The summed E-state index contributed by atoms with van der Waals surface area (Å²) in [4.78, 5) is 13.3. The van der Waals surface area contributed by atoms with Crippen molar-refractivity contribution in [3.05, 3.63) is 0 Å². The van der Waals surface area contributed by atoms with E-state index in [1.807, 2.05) is 0 Å².